The molecule has 0 spiro atoms. The van der Waals surface area contributed by atoms with Crippen molar-refractivity contribution in [1.29, 1.82) is 0 Å². The van der Waals surface area contributed by atoms with Gasteiger partial charge in [0.25, 0.3) is 5.56 Å². The predicted octanol–water partition coefficient (Wildman–Crippen LogP) is 3.21. The van der Waals surface area contributed by atoms with Crippen molar-refractivity contribution in [3.8, 4) is 0 Å². The summed E-state index contributed by atoms with van der Waals surface area (Å²) in [5.74, 6) is 0.635. The first-order valence-electron chi connectivity index (χ1n) is 6.33. The first kappa shape index (κ1) is 12.5. The molecule has 0 aliphatic carbocycles. The maximum Gasteiger partial charge on any atom is 0.268 e. The van der Waals surface area contributed by atoms with Crippen LogP contribution in [0.1, 0.15) is 5.82 Å². The minimum absolute atomic E-state index is 0.0790. The molecule has 21 heavy (non-hydrogen) atoms. The molecule has 4 rings (SSSR count). The lowest BCUT2D eigenvalue weighted by molar-refractivity contribution is 0.956. The SMILES string of the molecule is O=c1[nH]c(CNc2ccc3ncsc3c2)nc2ccsc12. The van der Waals surface area contributed by atoms with Gasteiger partial charge in [-0.3, -0.25) is 4.79 Å². The van der Waals surface area contributed by atoms with Gasteiger partial charge in [-0.2, -0.15) is 0 Å². The Morgan fingerprint density at radius 1 is 1.19 bits per heavy atom. The van der Waals surface area contributed by atoms with Gasteiger partial charge in [0.05, 0.1) is 27.8 Å². The molecule has 0 saturated carbocycles. The second kappa shape index (κ2) is 4.94. The highest BCUT2D eigenvalue weighted by Crippen LogP contribution is 2.22. The Hall–Kier alpha value is -2.25. The van der Waals surface area contributed by atoms with Gasteiger partial charge in [0.1, 0.15) is 10.5 Å². The highest BCUT2D eigenvalue weighted by Gasteiger charge is 2.05. The number of thiazole rings is 1. The Kier molecular flexibility index (Phi) is 2.94. The number of aromatic amines is 1. The molecule has 0 atom stereocenters. The van der Waals surface area contributed by atoms with Crippen LogP contribution in [-0.2, 0) is 6.54 Å². The molecule has 0 radical (unpaired) electrons. The molecule has 4 aromatic rings. The van der Waals surface area contributed by atoms with Crippen LogP contribution < -0.4 is 10.9 Å². The average Bonchev–Trinajstić information content (AvgIpc) is 3.13. The molecule has 1 aromatic carbocycles. The Balaban J connectivity index is 1.60. The molecule has 0 aliphatic heterocycles. The average molecular weight is 314 g/mol. The van der Waals surface area contributed by atoms with E-state index in [1.54, 1.807) is 11.3 Å². The van der Waals surface area contributed by atoms with Crippen molar-refractivity contribution in [2.24, 2.45) is 0 Å². The zero-order chi connectivity index (χ0) is 14.2. The van der Waals surface area contributed by atoms with E-state index in [0.717, 1.165) is 21.4 Å². The maximum absolute atomic E-state index is 11.9. The molecule has 0 unspecified atom stereocenters. The molecule has 0 saturated heterocycles. The van der Waals surface area contributed by atoms with E-state index in [1.807, 2.05) is 35.2 Å². The van der Waals surface area contributed by atoms with Gasteiger partial charge in [0.15, 0.2) is 0 Å². The molecule has 0 fully saturated rings. The van der Waals surface area contributed by atoms with E-state index >= 15 is 0 Å². The van der Waals surface area contributed by atoms with Crippen molar-refractivity contribution < 1.29 is 0 Å². The second-order valence-electron chi connectivity index (χ2n) is 4.54. The minimum atomic E-state index is -0.0790. The fraction of sp³-hybridized carbons (Fsp3) is 0.0714. The second-order valence-corrected chi connectivity index (χ2v) is 6.34. The number of fused-ring (bicyclic) bond motifs is 2. The molecule has 3 heterocycles. The largest absolute Gasteiger partial charge is 0.378 e. The lowest BCUT2D eigenvalue weighted by Crippen LogP contribution is -2.13. The molecule has 0 aliphatic rings. The number of hydrogen-bond donors (Lipinski definition) is 2. The van der Waals surface area contributed by atoms with Gasteiger partial charge >= 0.3 is 0 Å². The summed E-state index contributed by atoms with van der Waals surface area (Å²) in [6, 6.07) is 7.87. The van der Waals surface area contributed by atoms with E-state index in [2.05, 4.69) is 20.3 Å². The first-order chi connectivity index (χ1) is 10.3. The molecule has 7 heteroatoms. The van der Waals surface area contributed by atoms with Gasteiger partial charge in [-0.15, -0.1) is 22.7 Å². The normalized spacial score (nSPS) is 11.2. The van der Waals surface area contributed by atoms with E-state index in [9.17, 15) is 4.79 Å². The van der Waals surface area contributed by atoms with Crippen molar-refractivity contribution in [1.82, 2.24) is 15.0 Å². The van der Waals surface area contributed by atoms with Crippen LogP contribution in [0.2, 0.25) is 0 Å². The fourth-order valence-corrected chi connectivity index (χ4v) is 3.60. The van der Waals surface area contributed by atoms with Crippen LogP contribution in [0.3, 0.4) is 0 Å². The number of aromatic nitrogens is 3. The van der Waals surface area contributed by atoms with Gasteiger partial charge in [-0.25, -0.2) is 9.97 Å². The van der Waals surface area contributed by atoms with Gasteiger partial charge in [0, 0.05) is 5.69 Å². The lowest BCUT2D eigenvalue weighted by Gasteiger charge is -2.05. The number of rotatable bonds is 3. The monoisotopic (exact) mass is 314 g/mol. The topological polar surface area (TPSA) is 70.7 Å². The molecule has 0 bridgehead atoms. The highest BCUT2D eigenvalue weighted by molar-refractivity contribution is 7.17. The molecule has 5 nitrogen and oxygen atoms in total. The molecular weight excluding hydrogens is 304 g/mol. The molecule has 3 aromatic heterocycles. The standard InChI is InChI=1S/C14H10N4OS2/c19-14-13-10(3-4-20-13)17-12(18-14)6-15-8-1-2-9-11(5-8)21-7-16-9/h1-5,7,15H,6H2,(H,17,18,19). The van der Waals surface area contributed by atoms with Gasteiger partial charge in [0.2, 0.25) is 0 Å². The Morgan fingerprint density at radius 3 is 3.10 bits per heavy atom. The fourth-order valence-electron chi connectivity index (χ4n) is 2.16. The van der Waals surface area contributed by atoms with E-state index in [0.29, 0.717) is 17.1 Å². The van der Waals surface area contributed by atoms with Crippen LogP contribution in [0.15, 0.2) is 40.0 Å². The van der Waals surface area contributed by atoms with E-state index in [4.69, 9.17) is 0 Å². The zero-order valence-corrected chi connectivity index (χ0v) is 12.4. The van der Waals surface area contributed by atoms with Crippen LogP contribution in [0, 0.1) is 0 Å². The summed E-state index contributed by atoms with van der Waals surface area (Å²) in [5, 5.41) is 5.15. The van der Waals surface area contributed by atoms with Crippen molar-refractivity contribution in [2.75, 3.05) is 5.32 Å². The number of thiophene rings is 1. The number of hydrogen-bond acceptors (Lipinski definition) is 6. The summed E-state index contributed by atoms with van der Waals surface area (Å²) in [7, 11) is 0. The van der Waals surface area contributed by atoms with Crippen LogP contribution in [0.25, 0.3) is 20.4 Å². The zero-order valence-electron chi connectivity index (χ0n) is 10.8. The van der Waals surface area contributed by atoms with Crippen molar-refractivity contribution in [3.05, 3.63) is 51.3 Å². The smallest absolute Gasteiger partial charge is 0.268 e. The van der Waals surface area contributed by atoms with E-state index < -0.39 is 0 Å². The summed E-state index contributed by atoms with van der Waals surface area (Å²) < 4.78 is 1.81. The molecule has 2 N–H and O–H groups in total. The molecule has 0 amide bonds. The van der Waals surface area contributed by atoms with E-state index in [-0.39, 0.29) is 5.56 Å². The first-order valence-corrected chi connectivity index (χ1v) is 8.09. The summed E-state index contributed by atoms with van der Waals surface area (Å²) in [6.45, 7) is 0.478. The third-order valence-corrected chi connectivity index (χ3v) is 4.85. The third kappa shape index (κ3) is 2.30. The number of benzene rings is 1. The Morgan fingerprint density at radius 2 is 2.14 bits per heavy atom. The maximum atomic E-state index is 11.9. The van der Waals surface area contributed by atoms with E-state index in [1.165, 1.54) is 11.3 Å². The summed E-state index contributed by atoms with van der Waals surface area (Å²) in [4.78, 5) is 23.4. The quantitative estimate of drug-likeness (QED) is 0.609. The van der Waals surface area contributed by atoms with Gasteiger partial charge in [-0.05, 0) is 29.6 Å². The lowest BCUT2D eigenvalue weighted by atomic mass is 10.3. The van der Waals surface area contributed by atoms with Crippen LogP contribution in [0.5, 0.6) is 0 Å². The Labute approximate surface area is 127 Å². The van der Waals surface area contributed by atoms with Crippen molar-refractivity contribution in [2.45, 2.75) is 6.54 Å². The van der Waals surface area contributed by atoms with Gasteiger partial charge in [-0.1, -0.05) is 0 Å². The minimum Gasteiger partial charge on any atom is -0.378 e. The summed E-state index contributed by atoms with van der Waals surface area (Å²) in [5.41, 5.74) is 4.48. The van der Waals surface area contributed by atoms with Crippen LogP contribution in [-0.4, -0.2) is 15.0 Å². The number of nitrogens with one attached hydrogen (secondary N) is 2. The third-order valence-electron chi connectivity index (χ3n) is 3.16. The highest BCUT2D eigenvalue weighted by atomic mass is 32.1. The van der Waals surface area contributed by atoms with Crippen molar-refractivity contribution >= 4 is 48.8 Å². The summed E-state index contributed by atoms with van der Waals surface area (Å²) >= 11 is 3.01. The molecular formula is C14H10N4OS2. The molecule has 104 valence electrons. The van der Waals surface area contributed by atoms with Crippen LogP contribution in [0.4, 0.5) is 5.69 Å². The number of anilines is 1. The number of H-pyrrole nitrogens is 1. The number of nitrogens with zero attached hydrogens (tertiary/aromatic N) is 2. The van der Waals surface area contributed by atoms with Gasteiger partial charge < -0.3 is 10.3 Å². The summed E-state index contributed by atoms with van der Waals surface area (Å²) in [6.07, 6.45) is 0. The Bertz CT molecular complexity index is 985. The van der Waals surface area contributed by atoms with Crippen molar-refractivity contribution in [3.63, 3.8) is 0 Å². The van der Waals surface area contributed by atoms with Crippen LogP contribution >= 0.6 is 22.7 Å². The predicted molar refractivity (Wildman–Crippen MR) is 87.2 cm³/mol.